The first-order chi connectivity index (χ1) is 4.13. The third-order valence-electron chi connectivity index (χ3n) is 2.86. The van der Waals surface area contributed by atoms with Crippen molar-refractivity contribution in [3.8, 4) is 0 Å². The van der Waals surface area contributed by atoms with Crippen LogP contribution >= 0.6 is 0 Å². The van der Waals surface area contributed by atoms with Crippen LogP contribution in [0.3, 0.4) is 0 Å². The Morgan fingerprint density at radius 3 is 2.00 bits per heavy atom. The van der Waals surface area contributed by atoms with Gasteiger partial charge in [-0.1, -0.05) is 20.8 Å². The first-order valence-electron chi connectivity index (χ1n) is 3.82. The fourth-order valence-corrected chi connectivity index (χ4v) is 1.89. The van der Waals surface area contributed by atoms with Crippen molar-refractivity contribution in [1.82, 2.24) is 5.32 Å². The Hall–Kier alpha value is -0.0400. The smallest absolute Gasteiger partial charge is 0.0230 e. The Balaban J connectivity index is 2.52. The summed E-state index contributed by atoms with van der Waals surface area (Å²) in [5.74, 6) is 1.68. The molecule has 1 fully saturated rings. The van der Waals surface area contributed by atoms with E-state index in [2.05, 4.69) is 33.1 Å². The van der Waals surface area contributed by atoms with E-state index in [9.17, 15) is 0 Å². The van der Waals surface area contributed by atoms with E-state index >= 15 is 0 Å². The summed E-state index contributed by atoms with van der Waals surface area (Å²) in [5, 5.41) is 3.40. The van der Waals surface area contributed by atoms with Crippen LogP contribution < -0.4 is 5.32 Å². The summed E-state index contributed by atoms with van der Waals surface area (Å²) in [4.78, 5) is 0. The van der Waals surface area contributed by atoms with Gasteiger partial charge in [-0.05, 0) is 25.3 Å². The standard InChI is InChI=1S/C8H17N/c1-6(2)8(9-4)5-7(8)3/h6-7,9H,5H2,1-4H3/t7-,8?/m1/s1. The van der Waals surface area contributed by atoms with Crippen LogP contribution in [0.5, 0.6) is 0 Å². The van der Waals surface area contributed by atoms with Gasteiger partial charge in [-0.25, -0.2) is 0 Å². The summed E-state index contributed by atoms with van der Waals surface area (Å²) in [5.41, 5.74) is 0.500. The van der Waals surface area contributed by atoms with E-state index in [0.717, 1.165) is 11.8 Å². The maximum absolute atomic E-state index is 3.40. The van der Waals surface area contributed by atoms with E-state index in [4.69, 9.17) is 0 Å². The van der Waals surface area contributed by atoms with E-state index < -0.39 is 0 Å². The molecule has 0 saturated heterocycles. The molecule has 1 saturated carbocycles. The van der Waals surface area contributed by atoms with Gasteiger partial charge in [0.05, 0.1) is 0 Å². The topological polar surface area (TPSA) is 12.0 Å². The van der Waals surface area contributed by atoms with Crippen LogP contribution in [-0.4, -0.2) is 12.6 Å². The number of hydrogen-bond acceptors (Lipinski definition) is 1. The molecule has 0 radical (unpaired) electrons. The van der Waals surface area contributed by atoms with Gasteiger partial charge in [-0.15, -0.1) is 0 Å². The Morgan fingerprint density at radius 2 is 2.00 bits per heavy atom. The van der Waals surface area contributed by atoms with Crippen molar-refractivity contribution < 1.29 is 0 Å². The highest BCUT2D eigenvalue weighted by Gasteiger charge is 2.51. The van der Waals surface area contributed by atoms with Gasteiger partial charge >= 0.3 is 0 Å². The van der Waals surface area contributed by atoms with Crippen LogP contribution in [0.4, 0.5) is 0 Å². The second kappa shape index (κ2) is 1.98. The minimum Gasteiger partial charge on any atom is -0.314 e. The molecule has 1 nitrogen and oxygen atoms in total. The lowest BCUT2D eigenvalue weighted by Gasteiger charge is -2.19. The van der Waals surface area contributed by atoms with Crippen molar-refractivity contribution in [1.29, 1.82) is 0 Å². The molecule has 54 valence electrons. The second-order valence-electron chi connectivity index (χ2n) is 3.55. The van der Waals surface area contributed by atoms with Gasteiger partial charge in [0.2, 0.25) is 0 Å². The molecule has 0 spiro atoms. The first kappa shape index (κ1) is 7.07. The summed E-state index contributed by atoms with van der Waals surface area (Å²) in [6, 6.07) is 0. The minimum absolute atomic E-state index is 0.500. The normalized spacial score (nSPS) is 41.7. The van der Waals surface area contributed by atoms with Crippen molar-refractivity contribution in [2.24, 2.45) is 11.8 Å². The van der Waals surface area contributed by atoms with Gasteiger partial charge in [0.25, 0.3) is 0 Å². The SMILES string of the molecule is CNC1(C(C)C)C[C@H]1C. The third-order valence-corrected chi connectivity index (χ3v) is 2.86. The van der Waals surface area contributed by atoms with Gasteiger partial charge in [0, 0.05) is 5.54 Å². The molecule has 1 aliphatic carbocycles. The molecule has 0 aromatic carbocycles. The minimum atomic E-state index is 0.500. The second-order valence-corrected chi connectivity index (χ2v) is 3.55. The Bertz CT molecular complexity index is 105. The lowest BCUT2D eigenvalue weighted by molar-refractivity contribution is 0.381. The maximum atomic E-state index is 3.40. The molecule has 2 atom stereocenters. The zero-order valence-electron chi connectivity index (χ0n) is 6.86. The predicted molar refractivity (Wildman–Crippen MR) is 40.4 cm³/mol. The average molecular weight is 127 g/mol. The summed E-state index contributed by atoms with van der Waals surface area (Å²) in [7, 11) is 2.07. The van der Waals surface area contributed by atoms with Crippen molar-refractivity contribution in [2.45, 2.75) is 32.7 Å². The third kappa shape index (κ3) is 0.877. The van der Waals surface area contributed by atoms with Gasteiger partial charge in [-0.3, -0.25) is 0 Å². The summed E-state index contributed by atoms with van der Waals surface area (Å²) >= 11 is 0. The van der Waals surface area contributed by atoms with Crippen LogP contribution in [0, 0.1) is 11.8 Å². The van der Waals surface area contributed by atoms with Gasteiger partial charge in [-0.2, -0.15) is 0 Å². The van der Waals surface area contributed by atoms with E-state index in [-0.39, 0.29) is 0 Å². The molecular formula is C8H17N. The van der Waals surface area contributed by atoms with Crippen LogP contribution in [0.2, 0.25) is 0 Å². The molecule has 0 aliphatic heterocycles. The molecule has 1 heteroatoms. The van der Waals surface area contributed by atoms with E-state index in [1.165, 1.54) is 6.42 Å². The molecule has 0 heterocycles. The molecule has 0 bridgehead atoms. The number of hydrogen-bond donors (Lipinski definition) is 1. The highest BCUT2D eigenvalue weighted by atomic mass is 15.0. The number of rotatable bonds is 2. The molecule has 1 rings (SSSR count). The van der Waals surface area contributed by atoms with Crippen molar-refractivity contribution in [2.75, 3.05) is 7.05 Å². The Labute approximate surface area is 57.8 Å². The van der Waals surface area contributed by atoms with Crippen LogP contribution in [0.1, 0.15) is 27.2 Å². The fraction of sp³-hybridized carbons (Fsp3) is 1.00. The van der Waals surface area contributed by atoms with E-state index in [1.54, 1.807) is 0 Å². The molecule has 0 aromatic rings. The van der Waals surface area contributed by atoms with Crippen molar-refractivity contribution in [3.63, 3.8) is 0 Å². The maximum Gasteiger partial charge on any atom is 0.0230 e. The van der Waals surface area contributed by atoms with E-state index in [1.807, 2.05) is 0 Å². The van der Waals surface area contributed by atoms with E-state index in [0.29, 0.717) is 5.54 Å². The molecule has 1 aliphatic rings. The highest BCUT2D eigenvalue weighted by molar-refractivity contribution is 5.09. The Morgan fingerprint density at radius 1 is 1.56 bits per heavy atom. The molecule has 1 N–H and O–H groups in total. The monoisotopic (exact) mass is 127 g/mol. The molecular weight excluding hydrogens is 110 g/mol. The largest absolute Gasteiger partial charge is 0.314 e. The highest BCUT2D eigenvalue weighted by Crippen LogP contribution is 2.47. The predicted octanol–water partition coefficient (Wildman–Crippen LogP) is 1.64. The first-order valence-corrected chi connectivity index (χ1v) is 3.82. The molecule has 0 amide bonds. The van der Waals surface area contributed by atoms with Crippen LogP contribution in [0.15, 0.2) is 0 Å². The van der Waals surface area contributed by atoms with Crippen LogP contribution in [-0.2, 0) is 0 Å². The van der Waals surface area contributed by atoms with Crippen molar-refractivity contribution >= 4 is 0 Å². The molecule has 0 aromatic heterocycles. The quantitative estimate of drug-likeness (QED) is 0.594. The lowest BCUT2D eigenvalue weighted by atomic mass is 10.00. The number of nitrogens with one attached hydrogen (secondary N) is 1. The fourth-order valence-electron chi connectivity index (χ4n) is 1.89. The summed E-state index contributed by atoms with van der Waals surface area (Å²) in [6.07, 6.45) is 1.36. The average Bonchev–Trinajstić information content (AvgIpc) is 2.43. The van der Waals surface area contributed by atoms with Gasteiger partial charge < -0.3 is 5.32 Å². The summed E-state index contributed by atoms with van der Waals surface area (Å²) < 4.78 is 0. The Kier molecular flexibility index (Phi) is 1.55. The zero-order chi connectivity index (χ0) is 7.07. The van der Waals surface area contributed by atoms with Crippen LogP contribution in [0.25, 0.3) is 0 Å². The lowest BCUT2D eigenvalue weighted by Crippen LogP contribution is -2.34. The van der Waals surface area contributed by atoms with Gasteiger partial charge in [0.1, 0.15) is 0 Å². The van der Waals surface area contributed by atoms with Gasteiger partial charge in [0.15, 0.2) is 0 Å². The summed E-state index contributed by atoms with van der Waals surface area (Å²) in [6.45, 7) is 6.90. The molecule has 1 unspecified atom stereocenters. The molecule has 9 heavy (non-hydrogen) atoms. The van der Waals surface area contributed by atoms with Crippen molar-refractivity contribution in [3.05, 3.63) is 0 Å². The zero-order valence-corrected chi connectivity index (χ0v) is 6.86.